The lowest BCUT2D eigenvalue weighted by Crippen LogP contribution is -2.35. The van der Waals surface area contributed by atoms with Crippen molar-refractivity contribution in [2.24, 2.45) is 11.7 Å². The molecule has 232 valence electrons. The van der Waals surface area contributed by atoms with E-state index < -0.39 is 34.8 Å². The number of hydrogen-bond acceptors (Lipinski definition) is 9. The molecule has 1 aromatic heterocycles. The average molecular weight is 662 g/mol. The van der Waals surface area contributed by atoms with Crippen molar-refractivity contribution in [2.45, 2.75) is 44.4 Å². The van der Waals surface area contributed by atoms with Gasteiger partial charge in [-0.05, 0) is 60.6 Å². The number of alkyl halides is 2. The van der Waals surface area contributed by atoms with E-state index in [4.69, 9.17) is 42.6 Å². The van der Waals surface area contributed by atoms with E-state index in [-0.39, 0.29) is 40.1 Å². The molecule has 43 heavy (non-hydrogen) atoms. The second-order valence-corrected chi connectivity index (χ2v) is 12.4. The summed E-state index contributed by atoms with van der Waals surface area (Å²) in [7, 11) is -3.71. The molecule has 2 N–H and O–H groups in total. The molecule has 4 rings (SSSR count). The maximum atomic E-state index is 13.2. The standard InChI is InChI=1S/C28H28Cl2F2N2O8S/c1-43(37,38)42-19-7-4-16(5-8-19)10-23(33)27(35)40-25(12-20-21(29)13-34(36)14-22(20)30)18-6-9-24(41-28(31)32)26(11-18)39-15-17-2-3-17/h4-9,11,13-14,17,23,25,28H,2-3,10,12,15,33H2,1H3. The van der Waals surface area contributed by atoms with Crippen LogP contribution in [0.5, 0.6) is 17.2 Å². The first-order valence-electron chi connectivity index (χ1n) is 13.0. The average Bonchev–Trinajstić information content (AvgIpc) is 3.74. The van der Waals surface area contributed by atoms with E-state index in [1.54, 1.807) is 12.1 Å². The monoisotopic (exact) mass is 660 g/mol. The van der Waals surface area contributed by atoms with Gasteiger partial charge >= 0.3 is 22.7 Å². The number of nitrogens with zero attached hydrogens (tertiary/aromatic N) is 1. The van der Waals surface area contributed by atoms with Crippen molar-refractivity contribution < 1.29 is 45.1 Å². The number of carbonyl (C=O) groups is 1. The van der Waals surface area contributed by atoms with Crippen molar-refractivity contribution in [2.75, 3.05) is 12.9 Å². The first kappa shape index (κ1) is 32.5. The summed E-state index contributed by atoms with van der Waals surface area (Å²) in [5, 5.41) is 11.8. The lowest BCUT2D eigenvalue weighted by molar-refractivity contribution is -0.605. The van der Waals surface area contributed by atoms with E-state index in [1.165, 1.54) is 30.3 Å². The Morgan fingerprint density at radius 1 is 1.07 bits per heavy atom. The molecule has 1 heterocycles. The minimum atomic E-state index is -3.71. The van der Waals surface area contributed by atoms with Crippen LogP contribution in [0.15, 0.2) is 54.9 Å². The molecule has 0 spiro atoms. The maximum absolute atomic E-state index is 13.2. The van der Waals surface area contributed by atoms with Crippen LogP contribution in [0.1, 0.15) is 35.6 Å². The third kappa shape index (κ3) is 9.82. The predicted octanol–water partition coefficient (Wildman–Crippen LogP) is 4.75. The molecule has 2 unspecified atom stereocenters. The second-order valence-electron chi connectivity index (χ2n) is 10.0. The molecule has 2 atom stereocenters. The zero-order valence-electron chi connectivity index (χ0n) is 22.8. The Kier molecular flexibility index (Phi) is 10.5. The first-order chi connectivity index (χ1) is 20.3. The number of rotatable bonds is 14. The fourth-order valence-corrected chi connectivity index (χ4v) is 5.14. The SMILES string of the molecule is CS(=O)(=O)Oc1ccc(CC(N)C(=O)OC(Cc2c(Cl)c[n+]([O-])cc2Cl)c2ccc(OC(F)F)c(OCC3CC3)c2)cc1. The lowest BCUT2D eigenvalue weighted by Gasteiger charge is -2.23. The number of carbonyl (C=O) groups excluding carboxylic acids is 1. The third-order valence-electron chi connectivity index (χ3n) is 6.36. The Morgan fingerprint density at radius 3 is 2.30 bits per heavy atom. The van der Waals surface area contributed by atoms with Crippen LogP contribution in [0.25, 0.3) is 0 Å². The summed E-state index contributed by atoms with van der Waals surface area (Å²) in [6, 6.07) is 8.95. The van der Waals surface area contributed by atoms with Gasteiger partial charge < -0.3 is 29.3 Å². The van der Waals surface area contributed by atoms with E-state index >= 15 is 0 Å². The van der Waals surface area contributed by atoms with Crippen molar-refractivity contribution >= 4 is 39.3 Å². The van der Waals surface area contributed by atoms with E-state index in [2.05, 4.69) is 4.74 Å². The van der Waals surface area contributed by atoms with Crippen LogP contribution in [-0.2, 0) is 32.5 Å². The van der Waals surface area contributed by atoms with Gasteiger partial charge in [0.05, 0.1) is 12.9 Å². The molecular weight excluding hydrogens is 633 g/mol. The van der Waals surface area contributed by atoms with Crippen molar-refractivity contribution in [1.29, 1.82) is 0 Å². The number of ether oxygens (including phenoxy) is 3. The molecule has 0 radical (unpaired) electrons. The summed E-state index contributed by atoms with van der Waals surface area (Å²) >= 11 is 12.6. The molecular formula is C28H28Cl2F2N2O8S. The zero-order valence-corrected chi connectivity index (χ0v) is 25.1. The number of benzene rings is 2. The largest absolute Gasteiger partial charge is 0.619 e. The smallest absolute Gasteiger partial charge is 0.387 e. The fourth-order valence-electron chi connectivity index (χ4n) is 4.08. The number of pyridine rings is 1. The van der Waals surface area contributed by atoms with Crippen LogP contribution in [0, 0.1) is 11.1 Å². The first-order valence-corrected chi connectivity index (χ1v) is 15.6. The van der Waals surface area contributed by atoms with Crippen molar-refractivity contribution in [3.63, 3.8) is 0 Å². The zero-order chi connectivity index (χ0) is 31.3. The molecule has 1 aliphatic carbocycles. The lowest BCUT2D eigenvalue weighted by atomic mass is 10.0. The van der Waals surface area contributed by atoms with Gasteiger partial charge in [0.1, 0.15) is 27.9 Å². The maximum Gasteiger partial charge on any atom is 0.387 e. The highest BCUT2D eigenvalue weighted by atomic mass is 35.5. The molecule has 0 saturated heterocycles. The highest BCUT2D eigenvalue weighted by Gasteiger charge is 2.28. The molecule has 15 heteroatoms. The van der Waals surface area contributed by atoms with Gasteiger partial charge in [-0.1, -0.05) is 41.4 Å². The number of nitrogens with two attached hydrogens (primary N) is 1. The normalized spacial score (nSPS) is 14.7. The summed E-state index contributed by atoms with van der Waals surface area (Å²) in [5.74, 6) is -0.557. The Balaban J connectivity index is 1.58. The van der Waals surface area contributed by atoms with Crippen LogP contribution in [0.4, 0.5) is 8.78 Å². The van der Waals surface area contributed by atoms with Crippen LogP contribution >= 0.6 is 23.2 Å². The van der Waals surface area contributed by atoms with Crippen LogP contribution in [0.3, 0.4) is 0 Å². The van der Waals surface area contributed by atoms with Gasteiger partial charge in [-0.15, -0.1) is 0 Å². The topological polar surface area (TPSA) is 141 Å². The van der Waals surface area contributed by atoms with Gasteiger partial charge in [0.15, 0.2) is 23.9 Å². The van der Waals surface area contributed by atoms with Crippen molar-refractivity contribution in [3.05, 3.63) is 86.8 Å². The minimum Gasteiger partial charge on any atom is -0.619 e. The molecule has 1 fully saturated rings. The third-order valence-corrected chi connectivity index (χ3v) is 7.51. The van der Waals surface area contributed by atoms with Gasteiger partial charge in [0, 0.05) is 12.0 Å². The molecule has 0 amide bonds. The second kappa shape index (κ2) is 13.9. The Hall–Kier alpha value is -3.39. The number of hydrogen-bond donors (Lipinski definition) is 1. The van der Waals surface area contributed by atoms with Gasteiger partial charge in [-0.25, -0.2) is 0 Å². The van der Waals surface area contributed by atoms with E-state index in [0.717, 1.165) is 31.5 Å². The highest BCUT2D eigenvalue weighted by Crippen LogP contribution is 2.38. The van der Waals surface area contributed by atoms with Crippen LogP contribution in [-0.4, -0.2) is 39.9 Å². The van der Waals surface area contributed by atoms with Gasteiger partial charge in [-0.2, -0.15) is 21.9 Å². The van der Waals surface area contributed by atoms with Crippen LogP contribution < -0.4 is 24.1 Å². The number of aromatic nitrogens is 1. The van der Waals surface area contributed by atoms with Crippen LogP contribution in [0.2, 0.25) is 10.0 Å². The van der Waals surface area contributed by atoms with Gasteiger partial charge in [-0.3, -0.25) is 4.79 Å². The molecule has 1 aliphatic rings. The molecule has 2 aromatic carbocycles. The van der Waals surface area contributed by atoms with Crippen molar-refractivity contribution in [1.82, 2.24) is 0 Å². The molecule has 0 bridgehead atoms. The summed E-state index contributed by atoms with van der Waals surface area (Å²) in [5.41, 5.74) is 7.41. The predicted molar refractivity (Wildman–Crippen MR) is 153 cm³/mol. The summed E-state index contributed by atoms with van der Waals surface area (Å²) in [4.78, 5) is 13.2. The summed E-state index contributed by atoms with van der Waals surface area (Å²) in [6.07, 6.45) is 3.88. The fraction of sp³-hybridized carbons (Fsp3) is 0.357. The van der Waals surface area contributed by atoms with Gasteiger partial charge in [0.25, 0.3) is 0 Å². The van der Waals surface area contributed by atoms with Crippen molar-refractivity contribution in [3.8, 4) is 17.2 Å². The quantitative estimate of drug-likeness (QED) is 0.112. The molecule has 10 nitrogen and oxygen atoms in total. The minimum absolute atomic E-state index is 0.0205. The van der Waals surface area contributed by atoms with Gasteiger partial charge in [0.2, 0.25) is 0 Å². The molecule has 3 aromatic rings. The Bertz CT molecular complexity index is 1530. The molecule has 1 saturated carbocycles. The Labute approximate surface area is 256 Å². The van der Waals surface area contributed by atoms with E-state index in [9.17, 15) is 27.2 Å². The number of halogens is 4. The summed E-state index contributed by atoms with van der Waals surface area (Å²) < 4.78 is 70.2. The van der Waals surface area contributed by atoms with E-state index in [0.29, 0.717) is 33.9 Å². The van der Waals surface area contributed by atoms with E-state index in [1.807, 2.05) is 0 Å². The highest BCUT2D eigenvalue weighted by molar-refractivity contribution is 7.86. The Morgan fingerprint density at radius 2 is 1.72 bits per heavy atom. The summed E-state index contributed by atoms with van der Waals surface area (Å²) in [6.45, 7) is -2.79. The number of esters is 1. The molecule has 0 aliphatic heterocycles.